The molecule has 3 aromatic rings. The highest BCUT2D eigenvalue weighted by Crippen LogP contribution is 2.35. The molecule has 3 aromatic carbocycles. The Bertz CT molecular complexity index is 1780. The van der Waals surface area contributed by atoms with Crippen LogP contribution in [-0.2, 0) is 31.0 Å². The molecule has 0 atom stereocenters. The number of anilines is 3. The number of carbonyl (C=O) groups is 1. The fourth-order valence-electron chi connectivity index (χ4n) is 4.97. The Morgan fingerprint density at radius 2 is 1.57 bits per heavy atom. The highest BCUT2D eigenvalue weighted by molar-refractivity contribution is 7.93. The van der Waals surface area contributed by atoms with Gasteiger partial charge in [0.2, 0.25) is 10.0 Å². The zero-order chi connectivity index (χ0) is 31.7. The molecule has 2 saturated heterocycles. The molecule has 236 valence electrons. The van der Waals surface area contributed by atoms with Crippen LogP contribution in [-0.4, -0.2) is 66.4 Å². The molecule has 2 heterocycles. The molecule has 0 radical (unpaired) electrons. The Balaban J connectivity index is 1.46. The van der Waals surface area contributed by atoms with Crippen LogP contribution in [0.2, 0.25) is 5.02 Å². The van der Waals surface area contributed by atoms with Crippen molar-refractivity contribution in [3.63, 3.8) is 0 Å². The predicted molar refractivity (Wildman–Crippen MR) is 159 cm³/mol. The fourth-order valence-corrected chi connectivity index (χ4v) is 7.91. The molecule has 0 unspecified atom stereocenters. The fraction of sp³-hybridized carbons (Fsp3) is 0.321. The van der Waals surface area contributed by atoms with E-state index in [9.17, 15) is 34.8 Å². The Kier molecular flexibility index (Phi) is 9.14. The SMILES string of the molecule is O=C(Nc1ccc(N2CCCC2)c(S(=O)(=O)Nc2cccc(C(F)(F)F)c2)c1)c1cc(S(=O)(=O)N2CCOCC2)ccc1Cl. The average molecular weight is 673 g/mol. The van der Waals surface area contributed by atoms with Gasteiger partial charge in [-0.05, 0) is 67.4 Å². The number of hydrogen-bond donors (Lipinski definition) is 2. The molecule has 5 rings (SSSR count). The first-order valence-corrected chi connectivity index (χ1v) is 16.8. The van der Waals surface area contributed by atoms with Gasteiger partial charge in [-0.2, -0.15) is 17.5 Å². The van der Waals surface area contributed by atoms with E-state index >= 15 is 0 Å². The van der Waals surface area contributed by atoms with Crippen molar-refractivity contribution in [3.05, 3.63) is 76.8 Å². The summed E-state index contributed by atoms with van der Waals surface area (Å²) in [5.74, 6) is -0.794. The van der Waals surface area contributed by atoms with Crippen molar-refractivity contribution in [3.8, 4) is 0 Å². The summed E-state index contributed by atoms with van der Waals surface area (Å²) in [6.07, 6.45) is -3.03. The molecule has 2 aliphatic heterocycles. The van der Waals surface area contributed by atoms with Crippen LogP contribution in [0.5, 0.6) is 0 Å². The molecule has 2 fully saturated rings. The van der Waals surface area contributed by atoms with Crippen LogP contribution in [0.1, 0.15) is 28.8 Å². The van der Waals surface area contributed by atoms with Crippen LogP contribution >= 0.6 is 11.6 Å². The Labute approximate surface area is 257 Å². The smallest absolute Gasteiger partial charge is 0.379 e. The van der Waals surface area contributed by atoms with Crippen molar-refractivity contribution in [2.45, 2.75) is 28.8 Å². The van der Waals surface area contributed by atoms with Crippen molar-refractivity contribution >= 4 is 54.6 Å². The maximum atomic E-state index is 13.6. The molecule has 0 aliphatic carbocycles. The van der Waals surface area contributed by atoms with E-state index in [1.54, 1.807) is 0 Å². The van der Waals surface area contributed by atoms with Gasteiger partial charge in [-0.25, -0.2) is 16.8 Å². The summed E-state index contributed by atoms with van der Waals surface area (Å²) in [5.41, 5.74) is -1.10. The molecule has 0 spiro atoms. The number of alkyl halides is 3. The number of rotatable bonds is 8. The van der Waals surface area contributed by atoms with Crippen LogP contribution in [0.15, 0.2) is 70.5 Å². The van der Waals surface area contributed by atoms with Crippen molar-refractivity contribution in [1.82, 2.24) is 4.31 Å². The third-order valence-electron chi connectivity index (χ3n) is 7.19. The molecule has 0 aromatic heterocycles. The van der Waals surface area contributed by atoms with E-state index in [4.69, 9.17) is 16.3 Å². The zero-order valence-corrected chi connectivity index (χ0v) is 25.5. The number of sulfonamides is 2. The molecule has 0 bridgehead atoms. The molecule has 2 N–H and O–H groups in total. The van der Waals surface area contributed by atoms with Gasteiger partial charge in [0.15, 0.2) is 0 Å². The first kappa shape index (κ1) is 32.0. The van der Waals surface area contributed by atoms with Gasteiger partial charge in [-0.1, -0.05) is 17.7 Å². The van der Waals surface area contributed by atoms with Crippen LogP contribution in [0.3, 0.4) is 0 Å². The van der Waals surface area contributed by atoms with Gasteiger partial charge >= 0.3 is 6.18 Å². The van der Waals surface area contributed by atoms with Crippen molar-refractivity contribution < 1.29 is 39.5 Å². The number of ether oxygens (including phenoxy) is 1. The topological polar surface area (TPSA) is 125 Å². The van der Waals surface area contributed by atoms with Crippen LogP contribution in [0.4, 0.5) is 30.2 Å². The number of halogens is 4. The highest BCUT2D eigenvalue weighted by Gasteiger charge is 2.32. The molecule has 2 aliphatic rings. The molecular weight excluding hydrogens is 645 g/mol. The number of hydrogen-bond acceptors (Lipinski definition) is 7. The van der Waals surface area contributed by atoms with Crippen molar-refractivity contribution in [2.24, 2.45) is 0 Å². The number of morpholine rings is 1. The van der Waals surface area contributed by atoms with Gasteiger partial charge < -0.3 is 15.0 Å². The van der Waals surface area contributed by atoms with E-state index in [1.807, 2.05) is 4.90 Å². The summed E-state index contributed by atoms with van der Waals surface area (Å²) in [6, 6.07) is 11.7. The minimum atomic E-state index is -4.67. The van der Waals surface area contributed by atoms with E-state index in [0.29, 0.717) is 24.8 Å². The molecule has 1 amide bonds. The number of nitrogens with one attached hydrogen (secondary N) is 2. The first-order chi connectivity index (χ1) is 20.8. The lowest BCUT2D eigenvalue weighted by atomic mass is 10.2. The zero-order valence-electron chi connectivity index (χ0n) is 23.1. The maximum Gasteiger partial charge on any atom is 0.416 e. The van der Waals surface area contributed by atoms with E-state index in [0.717, 1.165) is 31.0 Å². The standard InChI is InChI=1S/C28H28ClF3N4O6S2/c29-24-8-7-22(44(40,41)36-12-14-42-15-13-36)18-23(24)27(37)33-20-6-9-25(35-10-1-2-11-35)26(17-20)43(38,39)34-21-5-3-4-19(16-21)28(30,31)32/h3-9,16-18,34H,1-2,10-15H2,(H,33,37). The van der Waals surface area contributed by atoms with E-state index in [2.05, 4.69) is 10.0 Å². The number of carbonyl (C=O) groups excluding carboxylic acids is 1. The second kappa shape index (κ2) is 12.6. The first-order valence-electron chi connectivity index (χ1n) is 13.5. The minimum absolute atomic E-state index is 0.0313. The Hall–Kier alpha value is -3.37. The predicted octanol–water partition coefficient (Wildman–Crippen LogP) is 5.03. The quantitative estimate of drug-likeness (QED) is 0.344. The lowest BCUT2D eigenvalue weighted by Crippen LogP contribution is -2.40. The van der Waals surface area contributed by atoms with Gasteiger partial charge in [0.05, 0.1) is 39.9 Å². The van der Waals surface area contributed by atoms with Crippen molar-refractivity contribution in [2.75, 3.05) is 54.3 Å². The second-order valence-corrected chi connectivity index (χ2v) is 14.2. The molecular formula is C28H28ClF3N4O6S2. The number of nitrogens with zero attached hydrogens (tertiary/aromatic N) is 2. The largest absolute Gasteiger partial charge is 0.416 e. The lowest BCUT2D eigenvalue weighted by Gasteiger charge is -2.26. The third kappa shape index (κ3) is 6.96. The summed E-state index contributed by atoms with van der Waals surface area (Å²) < 4.78 is 102. The summed E-state index contributed by atoms with van der Waals surface area (Å²) in [4.78, 5) is 14.7. The normalized spacial score (nSPS) is 16.6. The minimum Gasteiger partial charge on any atom is -0.379 e. The summed E-state index contributed by atoms with van der Waals surface area (Å²) >= 11 is 6.26. The van der Waals surface area contributed by atoms with Gasteiger partial charge in [0.1, 0.15) is 4.90 Å². The number of benzene rings is 3. The second-order valence-electron chi connectivity index (χ2n) is 10.2. The summed E-state index contributed by atoms with van der Waals surface area (Å²) in [7, 11) is -8.38. The van der Waals surface area contributed by atoms with E-state index < -0.39 is 37.7 Å². The molecule has 0 saturated carbocycles. The monoisotopic (exact) mass is 672 g/mol. The van der Waals surface area contributed by atoms with Gasteiger partial charge in [0.25, 0.3) is 15.9 Å². The third-order valence-corrected chi connectivity index (χ3v) is 10.8. The van der Waals surface area contributed by atoms with Crippen LogP contribution in [0.25, 0.3) is 0 Å². The van der Waals surface area contributed by atoms with Gasteiger partial charge in [0, 0.05) is 37.6 Å². The highest BCUT2D eigenvalue weighted by atomic mass is 35.5. The number of amides is 1. The van der Waals surface area contributed by atoms with E-state index in [1.165, 1.54) is 40.7 Å². The molecule has 16 heteroatoms. The Morgan fingerprint density at radius 1 is 0.864 bits per heavy atom. The van der Waals surface area contributed by atoms with Crippen molar-refractivity contribution in [1.29, 1.82) is 0 Å². The van der Waals surface area contributed by atoms with Gasteiger partial charge in [-0.3, -0.25) is 9.52 Å². The Morgan fingerprint density at radius 3 is 2.25 bits per heavy atom. The lowest BCUT2D eigenvalue weighted by molar-refractivity contribution is -0.137. The maximum absolute atomic E-state index is 13.6. The summed E-state index contributed by atoms with van der Waals surface area (Å²) in [6.45, 7) is 1.92. The molecule has 44 heavy (non-hydrogen) atoms. The summed E-state index contributed by atoms with van der Waals surface area (Å²) in [5, 5.41) is 2.54. The van der Waals surface area contributed by atoms with Gasteiger partial charge in [-0.15, -0.1) is 0 Å². The van der Waals surface area contributed by atoms with E-state index in [-0.39, 0.29) is 58.1 Å². The average Bonchev–Trinajstić information content (AvgIpc) is 3.52. The van der Waals surface area contributed by atoms with Crippen LogP contribution in [0, 0.1) is 0 Å². The molecule has 10 nitrogen and oxygen atoms in total. The van der Waals surface area contributed by atoms with Crippen LogP contribution < -0.4 is 14.9 Å².